The van der Waals surface area contributed by atoms with E-state index in [0.717, 1.165) is 60.5 Å². The second kappa shape index (κ2) is 11.7. The van der Waals surface area contributed by atoms with Crippen LogP contribution in [0.3, 0.4) is 0 Å². The van der Waals surface area contributed by atoms with E-state index in [0.29, 0.717) is 17.5 Å². The Morgan fingerprint density at radius 1 is 0.302 bits per heavy atom. The molecule has 0 N–H and O–H groups in total. The van der Waals surface area contributed by atoms with Crippen LogP contribution in [0.15, 0.2) is 180 Å². The van der Waals surface area contributed by atoms with Gasteiger partial charge in [-0.25, -0.2) is 15.0 Å². The van der Waals surface area contributed by atoms with Gasteiger partial charge in [0.1, 0.15) is 11.2 Å². The van der Waals surface area contributed by atoms with Crippen molar-refractivity contribution in [1.29, 1.82) is 0 Å². The molecule has 0 aliphatic heterocycles. The summed E-state index contributed by atoms with van der Waals surface area (Å²) >= 11 is 0. The third-order valence-corrected chi connectivity index (χ3v) is 10.5. The number of fused-ring (bicyclic) bond motifs is 9. The first-order valence-electron chi connectivity index (χ1n) is 17.9. The van der Waals surface area contributed by atoms with Crippen LogP contribution in [0.2, 0.25) is 0 Å². The summed E-state index contributed by atoms with van der Waals surface area (Å²) in [6, 6.07) is 61.7. The Hall–Kier alpha value is -7.17. The Bertz CT molecular complexity index is 3240. The van der Waals surface area contributed by atoms with Gasteiger partial charge in [0.05, 0.1) is 0 Å². The molecular formula is C49H29N3O. The van der Waals surface area contributed by atoms with E-state index in [9.17, 15) is 0 Å². The van der Waals surface area contributed by atoms with Gasteiger partial charge in [-0.2, -0.15) is 0 Å². The fraction of sp³-hybridized carbons (Fsp3) is 0. The van der Waals surface area contributed by atoms with Gasteiger partial charge in [0.15, 0.2) is 17.5 Å². The average molecular weight is 676 g/mol. The molecule has 0 radical (unpaired) electrons. The van der Waals surface area contributed by atoms with Gasteiger partial charge in [-0.1, -0.05) is 146 Å². The average Bonchev–Trinajstić information content (AvgIpc) is 3.61. The maximum atomic E-state index is 6.48. The third kappa shape index (κ3) is 4.80. The van der Waals surface area contributed by atoms with Crippen LogP contribution in [0.4, 0.5) is 0 Å². The number of aromatic nitrogens is 3. The minimum absolute atomic E-state index is 0.598. The van der Waals surface area contributed by atoms with Crippen molar-refractivity contribution in [1.82, 2.24) is 15.0 Å². The first-order valence-corrected chi connectivity index (χ1v) is 17.9. The van der Waals surface area contributed by atoms with Crippen molar-refractivity contribution in [2.24, 2.45) is 0 Å². The van der Waals surface area contributed by atoms with Crippen LogP contribution in [0.25, 0.3) is 110 Å². The summed E-state index contributed by atoms with van der Waals surface area (Å²) in [6.45, 7) is 0. The largest absolute Gasteiger partial charge is 0.456 e. The first kappa shape index (κ1) is 29.5. The third-order valence-electron chi connectivity index (χ3n) is 10.5. The Balaban J connectivity index is 1.18. The van der Waals surface area contributed by atoms with Crippen molar-refractivity contribution in [2.45, 2.75) is 0 Å². The summed E-state index contributed by atoms with van der Waals surface area (Å²) in [4.78, 5) is 15.7. The van der Waals surface area contributed by atoms with Gasteiger partial charge in [-0.15, -0.1) is 0 Å². The topological polar surface area (TPSA) is 51.8 Å². The Morgan fingerprint density at radius 3 is 1.81 bits per heavy atom. The first-order chi connectivity index (χ1) is 26.2. The van der Waals surface area contributed by atoms with E-state index in [2.05, 4.69) is 146 Å². The SMILES string of the molecule is c1ccc(-c2nc(-c3cc4c5ccccc5ccc4c4ccccc34)nc(-c3cccc4oc5ccc(-c6ccc7ccccc7c6)cc5c34)n2)cc1. The molecule has 246 valence electrons. The fourth-order valence-electron chi connectivity index (χ4n) is 7.94. The summed E-state index contributed by atoms with van der Waals surface area (Å²) in [6.07, 6.45) is 0. The highest BCUT2D eigenvalue weighted by atomic mass is 16.3. The van der Waals surface area contributed by atoms with Gasteiger partial charge in [0.2, 0.25) is 0 Å². The lowest BCUT2D eigenvalue weighted by Gasteiger charge is -2.14. The minimum atomic E-state index is 0.598. The lowest BCUT2D eigenvalue weighted by molar-refractivity contribution is 0.669. The molecule has 0 fully saturated rings. The van der Waals surface area contributed by atoms with Crippen LogP contribution in [-0.4, -0.2) is 15.0 Å². The van der Waals surface area contributed by atoms with Gasteiger partial charge in [-0.05, 0) is 84.5 Å². The molecule has 9 aromatic carbocycles. The predicted molar refractivity (Wildman–Crippen MR) is 219 cm³/mol. The Morgan fingerprint density at radius 2 is 0.943 bits per heavy atom. The quantitative estimate of drug-likeness (QED) is 0.174. The lowest BCUT2D eigenvalue weighted by Crippen LogP contribution is -2.01. The number of hydrogen-bond acceptors (Lipinski definition) is 4. The highest BCUT2D eigenvalue weighted by molar-refractivity contribution is 6.21. The van der Waals surface area contributed by atoms with E-state index in [1.165, 1.54) is 32.3 Å². The highest BCUT2D eigenvalue weighted by Gasteiger charge is 2.20. The zero-order valence-corrected chi connectivity index (χ0v) is 28.5. The normalized spacial score (nSPS) is 11.8. The van der Waals surface area contributed by atoms with Gasteiger partial charge in [0, 0.05) is 27.5 Å². The molecule has 0 atom stereocenters. The monoisotopic (exact) mass is 675 g/mol. The molecule has 2 aromatic heterocycles. The van der Waals surface area contributed by atoms with Crippen molar-refractivity contribution in [2.75, 3.05) is 0 Å². The molecule has 11 rings (SSSR count). The van der Waals surface area contributed by atoms with E-state index in [4.69, 9.17) is 19.4 Å². The molecule has 11 aromatic rings. The molecule has 0 aliphatic carbocycles. The summed E-state index contributed by atoms with van der Waals surface area (Å²) in [5.41, 5.74) is 6.68. The predicted octanol–water partition coefficient (Wildman–Crippen LogP) is 13.1. The number of hydrogen-bond donors (Lipinski definition) is 0. The number of rotatable bonds is 4. The maximum absolute atomic E-state index is 6.48. The Kier molecular flexibility index (Phi) is 6.52. The van der Waals surface area contributed by atoms with Crippen LogP contribution in [0.5, 0.6) is 0 Å². The molecule has 0 spiro atoms. The van der Waals surface area contributed by atoms with E-state index in [1.807, 2.05) is 30.3 Å². The second-order valence-corrected chi connectivity index (χ2v) is 13.6. The molecule has 2 heterocycles. The van der Waals surface area contributed by atoms with Crippen molar-refractivity contribution in [3.8, 4) is 45.3 Å². The zero-order valence-electron chi connectivity index (χ0n) is 28.5. The second-order valence-electron chi connectivity index (χ2n) is 13.6. The standard InChI is InChI=1S/C49H29N3O/c1-2-13-32(14-3-1)47-50-48(52-49(51-47)42-29-41-36-16-7-6-12-31(36)23-25-39(41)37-17-8-9-18-38(37)42)40-19-10-20-45-46(40)43-28-35(24-26-44(43)53-45)34-22-21-30-11-4-5-15-33(30)27-34/h1-29H. The molecule has 0 aliphatic rings. The van der Waals surface area contributed by atoms with Crippen LogP contribution >= 0.6 is 0 Å². The molecule has 4 nitrogen and oxygen atoms in total. The zero-order chi connectivity index (χ0) is 34.9. The van der Waals surface area contributed by atoms with Crippen molar-refractivity contribution < 1.29 is 4.42 Å². The van der Waals surface area contributed by atoms with E-state index in [-0.39, 0.29) is 0 Å². The van der Waals surface area contributed by atoms with E-state index >= 15 is 0 Å². The van der Waals surface area contributed by atoms with Gasteiger partial charge in [-0.3, -0.25) is 0 Å². The van der Waals surface area contributed by atoms with Crippen molar-refractivity contribution in [3.63, 3.8) is 0 Å². The van der Waals surface area contributed by atoms with Crippen molar-refractivity contribution >= 4 is 65.0 Å². The summed E-state index contributed by atoms with van der Waals surface area (Å²) in [5.74, 6) is 1.84. The van der Waals surface area contributed by atoms with E-state index in [1.54, 1.807) is 0 Å². The molecule has 0 saturated heterocycles. The summed E-state index contributed by atoms with van der Waals surface area (Å²) < 4.78 is 6.48. The molecule has 0 saturated carbocycles. The summed E-state index contributed by atoms with van der Waals surface area (Å²) in [5, 5.41) is 11.5. The van der Waals surface area contributed by atoms with Crippen molar-refractivity contribution in [3.05, 3.63) is 176 Å². The minimum Gasteiger partial charge on any atom is -0.456 e. The molecule has 53 heavy (non-hydrogen) atoms. The number of furan rings is 1. The maximum Gasteiger partial charge on any atom is 0.164 e. The molecule has 0 unspecified atom stereocenters. The molecular weight excluding hydrogens is 647 g/mol. The smallest absolute Gasteiger partial charge is 0.164 e. The van der Waals surface area contributed by atoms with E-state index < -0.39 is 0 Å². The van der Waals surface area contributed by atoms with Gasteiger partial charge >= 0.3 is 0 Å². The van der Waals surface area contributed by atoms with Crippen LogP contribution in [0.1, 0.15) is 0 Å². The summed E-state index contributed by atoms with van der Waals surface area (Å²) in [7, 11) is 0. The Labute approximate surface area is 304 Å². The van der Waals surface area contributed by atoms with Gasteiger partial charge in [0.25, 0.3) is 0 Å². The van der Waals surface area contributed by atoms with Crippen LogP contribution in [-0.2, 0) is 0 Å². The van der Waals surface area contributed by atoms with Crippen LogP contribution in [0, 0.1) is 0 Å². The molecule has 4 heteroatoms. The molecule has 0 amide bonds. The number of benzene rings is 9. The van der Waals surface area contributed by atoms with Crippen LogP contribution < -0.4 is 0 Å². The van der Waals surface area contributed by atoms with Gasteiger partial charge < -0.3 is 4.42 Å². The number of nitrogens with zero attached hydrogens (tertiary/aromatic N) is 3. The fourth-order valence-corrected chi connectivity index (χ4v) is 7.94. The highest BCUT2D eigenvalue weighted by Crippen LogP contribution is 2.41. The lowest BCUT2D eigenvalue weighted by atomic mass is 9.93. The molecule has 0 bridgehead atoms.